The van der Waals surface area contributed by atoms with Gasteiger partial charge in [-0.25, -0.2) is 0 Å². The molecule has 1 aromatic rings. The molecule has 2 N–H and O–H groups in total. The zero-order valence-corrected chi connectivity index (χ0v) is 11.9. The first kappa shape index (κ1) is 14.6. The number of nitrogens with one attached hydrogen (secondary N) is 1. The van der Waals surface area contributed by atoms with Gasteiger partial charge in [0.05, 0.1) is 17.8 Å². The highest BCUT2D eigenvalue weighted by Crippen LogP contribution is 2.29. The van der Waals surface area contributed by atoms with E-state index in [9.17, 15) is 9.59 Å². The van der Waals surface area contributed by atoms with Gasteiger partial charge in [0, 0.05) is 5.69 Å². The van der Waals surface area contributed by atoms with Crippen LogP contribution in [0.25, 0.3) is 0 Å². The van der Waals surface area contributed by atoms with Gasteiger partial charge >= 0.3 is 5.97 Å². The van der Waals surface area contributed by atoms with Gasteiger partial charge in [-0.2, -0.15) is 5.10 Å². The van der Waals surface area contributed by atoms with Crippen molar-refractivity contribution in [3.05, 3.63) is 17.5 Å². The van der Waals surface area contributed by atoms with E-state index in [-0.39, 0.29) is 5.91 Å². The summed E-state index contributed by atoms with van der Waals surface area (Å²) in [6.45, 7) is 3.31. The van der Waals surface area contributed by atoms with E-state index in [1.807, 2.05) is 11.6 Å². The number of carboxylic acid groups (broad SMARTS) is 1. The first-order valence-electron chi connectivity index (χ1n) is 7.08. The summed E-state index contributed by atoms with van der Waals surface area (Å²) in [5, 5.41) is 15.6. The van der Waals surface area contributed by atoms with E-state index in [0.29, 0.717) is 11.6 Å². The van der Waals surface area contributed by atoms with Crippen LogP contribution in [0.4, 0.5) is 0 Å². The average Bonchev–Trinajstić information content (AvgIpc) is 2.81. The monoisotopic (exact) mass is 279 g/mol. The van der Waals surface area contributed by atoms with Gasteiger partial charge in [0.2, 0.25) is 0 Å². The Kier molecular flexibility index (Phi) is 4.42. The van der Waals surface area contributed by atoms with Gasteiger partial charge < -0.3 is 10.4 Å². The fraction of sp³-hybridized carbons (Fsp3) is 0.643. The van der Waals surface area contributed by atoms with Crippen LogP contribution in [0.15, 0.2) is 6.20 Å². The lowest BCUT2D eigenvalue weighted by Gasteiger charge is -2.23. The number of hydrogen-bond acceptors (Lipinski definition) is 3. The second-order valence-corrected chi connectivity index (χ2v) is 5.41. The van der Waals surface area contributed by atoms with Gasteiger partial charge in [-0.05, 0) is 26.7 Å². The minimum absolute atomic E-state index is 0.363. The molecule has 1 saturated carbocycles. The second-order valence-electron chi connectivity index (χ2n) is 5.41. The molecule has 1 unspecified atom stereocenters. The molecule has 0 aromatic carbocycles. The smallest absolute Gasteiger partial charge is 0.325 e. The predicted octanol–water partition coefficient (Wildman–Crippen LogP) is 1.90. The van der Waals surface area contributed by atoms with Crippen LogP contribution in [-0.2, 0) is 4.79 Å². The summed E-state index contributed by atoms with van der Waals surface area (Å²) >= 11 is 0. The standard InChI is InChI=1S/C14H21N3O3/c1-9(14(19)20)16-13(18)12-8-15-17(10(12)2)11-6-4-3-5-7-11/h8-9,11H,3-7H2,1-2H3,(H,16,18)(H,19,20). The summed E-state index contributed by atoms with van der Waals surface area (Å²) in [4.78, 5) is 22.8. The molecule has 0 bridgehead atoms. The molecular formula is C14H21N3O3. The summed E-state index contributed by atoms with van der Waals surface area (Å²) in [5.74, 6) is -1.42. The van der Waals surface area contributed by atoms with Gasteiger partial charge in [-0.15, -0.1) is 0 Å². The van der Waals surface area contributed by atoms with Crippen molar-refractivity contribution in [2.75, 3.05) is 0 Å². The Labute approximate surface area is 118 Å². The number of aromatic nitrogens is 2. The predicted molar refractivity (Wildman–Crippen MR) is 73.7 cm³/mol. The molecule has 20 heavy (non-hydrogen) atoms. The van der Waals surface area contributed by atoms with E-state index < -0.39 is 12.0 Å². The quantitative estimate of drug-likeness (QED) is 0.881. The minimum Gasteiger partial charge on any atom is -0.480 e. The Morgan fingerprint density at radius 3 is 2.65 bits per heavy atom. The number of aliphatic carboxylic acids is 1. The summed E-state index contributed by atoms with van der Waals surface area (Å²) < 4.78 is 1.92. The van der Waals surface area contributed by atoms with Crippen molar-refractivity contribution in [1.82, 2.24) is 15.1 Å². The molecular weight excluding hydrogens is 258 g/mol. The van der Waals surface area contributed by atoms with Crippen LogP contribution < -0.4 is 5.32 Å². The molecule has 6 heteroatoms. The van der Waals surface area contributed by atoms with E-state index in [1.54, 1.807) is 0 Å². The maximum atomic E-state index is 12.0. The number of amides is 1. The first-order valence-corrected chi connectivity index (χ1v) is 7.08. The average molecular weight is 279 g/mol. The van der Waals surface area contributed by atoms with E-state index in [2.05, 4.69) is 10.4 Å². The third-order valence-corrected chi connectivity index (χ3v) is 3.93. The van der Waals surface area contributed by atoms with Gasteiger partial charge in [-0.3, -0.25) is 14.3 Å². The summed E-state index contributed by atoms with van der Waals surface area (Å²) in [7, 11) is 0. The third-order valence-electron chi connectivity index (χ3n) is 3.93. The lowest BCUT2D eigenvalue weighted by molar-refractivity contribution is -0.138. The normalized spacial score (nSPS) is 17.7. The van der Waals surface area contributed by atoms with E-state index in [1.165, 1.54) is 32.4 Å². The molecule has 1 aliphatic rings. The van der Waals surface area contributed by atoms with Crippen molar-refractivity contribution in [2.24, 2.45) is 0 Å². The summed E-state index contributed by atoms with van der Waals surface area (Å²) in [6.07, 6.45) is 7.38. The van der Waals surface area contributed by atoms with Crippen LogP contribution in [0.3, 0.4) is 0 Å². The lowest BCUT2D eigenvalue weighted by atomic mass is 9.95. The molecule has 0 aliphatic heterocycles. The highest BCUT2D eigenvalue weighted by Gasteiger charge is 2.23. The first-order chi connectivity index (χ1) is 9.50. The summed E-state index contributed by atoms with van der Waals surface area (Å²) in [5.41, 5.74) is 1.27. The highest BCUT2D eigenvalue weighted by atomic mass is 16.4. The van der Waals surface area contributed by atoms with Crippen molar-refractivity contribution < 1.29 is 14.7 Å². The lowest BCUT2D eigenvalue weighted by Crippen LogP contribution is -2.38. The van der Waals surface area contributed by atoms with Crippen LogP contribution in [0.1, 0.15) is 61.1 Å². The van der Waals surface area contributed by atoms with Crippen LogP contribution in [0.5, 0.6) is 0 Å². The maximum Gasteiger partial charge on any atom is 0.325 e. The number of carboxylic acids is 1. The minimum atomic E-state index is -1.05. The number of carbonyl (C=O) groups is 2. The van der Waals surface area contributed by atoms with Crippen LogP contribution in [0, 0.1) is 6.92 Å². The Morgan fingerprint density at radius 1 is 1.40 bits per heavy atom. The number of nitrogens with zero attached hydrogens (tertiary/aromatic N) is 2. The molecule has 1 atom stereocenters. The van der Waals surface area contributed by atoms with E-state index in [0.717, 1.165) is 18.5 Å². The Bertz CT molecular complexity index is 504. The number of carbonyl (C=O) groups excluding carboxylic acids is 1. The SMILES string of the molecule is Cc1c(C(=O)NC(C)C(=O)O)cnn1C1CCCCC1. The van der Waals surface area contributed by atoms with Crippen molar-refractivity contribution in [3.63, 3.8) is 0 Å². The molecule has 0 radical (unpaired) electrons. The molecule has 6 nitrogen and oxygen atoms in total. The number of rotatable bonds is 4. The molecule has 110 valence electrons. The van der Waals surface area contributed by atoms with Crippen molar-refractivity contribution >= 4 is 11.9 Å². The zero-order valence-electron chi connectivity index (χ0n) is 11.9. The Balaban J connectivity index is 2.11. The molecule has 1 heterocycles. The van der Waals surface area contributed by atoms with Gasteiger partial charge in [0.1, 0.15) is 6.04 Å². The molecule has 1 fully saturated rings. The van der Waals surface area contributed by atoms with Crippen molar-refractivity contribution in [2.45, 2.75) is 58.0 Å². The summed E-state index contributed by atoms with van der Waals surface area (Å²) in [6, 6.07) is -0.540. The molecule has 0 spiro atoms. The molecule has 2 rings (SSSR count). The molecule has 0 saturated heterocycles. The van der Waals surface area contributed by atoms with Crippen molar-refractivity contribution in [3.8, 4) is 0 Å². The second kappa shape index (κ2) is 6.07. The maximum absolute atomic E-state index is 12.0. The fourth-order valence-electron chi connectivity index (χ4n) is 2.68. The van der Waals surface area contributed by atoms with Crippen LogP contribution in [0.2, 0.25) is 0 Å². The van der Waals surface area contributed by atoms with E-state index >= 15 is 0 Å². The zero-order chi connectivity index (χ0) is 14.7. The van der Waals surface area contributed by atoms with Gasteiger partial charge in [0.15, 0.2) is 0 Å². The van der Waals surface area contributed by atoms with E-state index in [4.69, 9.17) is 5.11 Å². The van der Waals surface area contributed by atoms with Crippen molar-refractivity contribution in [1.29, 1.82) is 0 Å². The third kappa shape index (κ3) is 3.00. The van der Waals surface area contributed by atoms with Crippen LogP contribution >= 0.6 is 0 Å². The van der Waals surface area contributed by atoms with Gasteiger partial charge in [0.25, 0.3) is 5.91 Å². The fourth-order valence-corrected chi connectivity index (χ4v) is 2.68. The van der Waals surface area contributed by atoms with Gasteiger partial charge in [-0.1, -0.05) is 19.3 Å². The largest absolute Gasteiger partial charge is 0.480 e. The Morgan fingerprint density at radius 2 is 2.05 bits per heavy atom. The Hall–Kier alpha value is -1.85. The molecule has 1 aliphatic carbocycles. The molecule has 1 amide bonds. The topological polar surface area (TPSA) is 84.2 Å². The number of hydrogen-bond donors (Lipinski definition) is 2. The van der Waals surface area contributed by atoms with Crippen LogP contribution in [-0.4, -0.2) is 32.8 Å². The molecule has 1 aromatic heterocycles. The highest BCUT2D eigenvalue weighted by molar-refractivity contribution is 5.97.